The minimum Gasteiger partial charge on any atom is -0.462 e. The van der Waals surface area contributed by atoms with Crippen LogP contribution in [0.2, 0.25) is 0 Å². The fraction of sp³-hybridized carbons (Fsp3) is 0.318. The van der Waals surface area contributed by atoms with E-state index in [4.69, 9.17) is 4.74 Å². The van der Waals surface area contributed by atoms with Crippen LogP contribution in [0.5, 0.6) is 0 Å². The summed E-state index contributed by atoms with van der Waals surface area (Å²) < 4.78 is 32.8. The lowest BCUT2D eigenvalue weighted by molar-refractivity contribution is 0.0526. The Labute approximate surface area is 190 Å². The number of fused-ring (bicyclic) bond motifs is 1. The fourth-order valence-corrected chi connectivity index (χ4v) is 5.97. The lowest BCUT2D eigenvalue weighted by atomic mass is 10.1. The monoisotopic (exact) mass is 473 g/mol. The van der Waals surface area contributed by atoms with Gasteiger partial charge in [-0.3, -0.25) is 4.79 Å². The van der Waals surface area contributed by atoms with E-state index in [1.54, 1.807) is 37.3 Å². The van der Waals surface area contributed by atoms with Crippen LogP contribution < -0.4 is 5.32 Å². The second kappa shape index (κ2) is 9.35. The fourth-order valence-electron chi connectivity index (χ4n) is 3.51. The van der Waals surface area contributed by atoms with Crippen LogP contribution in [-0.2, 0) is 14.8 Å². The number of nitrogens with zero attached hydrogens (tertiary/aromatic N) is 2. The smallest absolute Gasteiger partial charge is 0.338 e. The average Bonchev–Trinajstić information content (AvgIpc) is 3.47. The number of nitrogens with one attached hydrogen (secondary N) is 1. The van der Waals surface area contributed by atoms with E-state index in [-0.39, 0.29) is 17.2 Å². The van der Waals surface area contributed by atoms with Crippen molar-refractivity contribution in [3.63, 3.8) is 0 Å². The minimum absolute atomic E-state index is 0.0300. The highest BCUT2D eigenvalue weighted by Gasteiger charge is 2.27. The van der Waals surface area contributed by atoms with Gasteiger partial charge in [-0.2, -0.15) is 4.31 Å². The summed E-state index contributed by atoms with van der Waals surface area (Å²) in [6.45, 7) is 3.04. The number of carbonyl (C=O) groups excluding carboxylic acids is 2. The zero-order valence-electron chi connectivity index (χ0n) is 17.5. The van der Waals surface area contributed by atoms with Gasteiger partial charge in [-0.05, 0) is 50.1 Å². The lowest BCUT2D eigenvalue weighted by Gasteiger charge is -2.15. The van der Waals surface area contributed by atoms with E-state index >= 15 is 0 Å². The van der Waals surface area contributed by atoms with Crippen molar-refractivity contribution in [1.29, 1.82) is 0 Å². The number of ketones is 1. The van der Waals surface area contributed by atoms with Crippen LogP contribution in [0.3, 0.4) is 0 Å². The molecule has 2 aromatic carbocycles. The first-order valence-electron chi connectivity index (χ1n) is 10.3. The van der Waals surface area contributed by atoms with Crippen molar-refractivity contribution in [3.8, 4) is 0 Å². The van der Waals surface area contributed by atoms with E-state index in [0.717, 1.165) is 17.5 Å². The van der Waals surface area contributed by atoms with Gasteiger partial charge in [-0.25, -0.2) is 18.2 Å². The molecule has 168 valence electrons. The third-order valence-corrected chi connectivity index (χ3v) is 8.03. The number of Topliss-reactive ketones (excluding diaryl/α,β-unsaturated/α-hetero) is 1. The zero-order chi connectivity index (χ0) is 22.7. The molecule has 1 saturated heterocycles. The molecule has 0 spiro atoms. The normalized spacial score (nSPS) is 14.5. The standard InChI is InChI=1S/C22H23N3O5S2/c1-2-30-21(27)16-8-9-18-20(13-16)31-22(24-18)23-14-19(26)15-6-5-7-17(12-15)32(28,29)25-10-3-4-11-25/h5-9,12-13H,2-4,10-11,14H2,1H3,(H,23,24). The number of hydrogen-bond donors (Lipinski definition) is 1. The highest BCUT2D eigenvalue weighted by atomic mass is 32.2. The summed E-state index contributed by atoms with van der Waals surface area (Å²) in [6.07, 6.45) is 1.70. The molecular weight excluding hydrogens is 450 g/mol. The Kier molecular flexibility index (Phi) is 6.54. The number of sulfonamides is 1. The molecular formula is C22H23N3O5S2. The highest BCUT2D eigenvalue weighted by molar-refractivity contribution is 7.89. The molecule has 3 aromatic rings. The molecule has 4 rings (SSSR count). The number of thiazole rings is 1. The molecule has 1 aromatic heterocycles. The number of esters is 1. The van der Waals surface area contributed by atoms with Gasteiger partial charge in [-0.1, -0.05) is 23.5 Å². The largest absolute Gasteiger partial charge is 0.462 e. The Morgan fingerprint density at radius 1 is 1.12 bits per heavy atom. The molecule has 0 saturated carbocycles. The maximum absolute atomic E-state index is 12.8. The van der Waals surface area contributed by atoms with Crippen molar-refractivity contribution in [3.05, 3.63) is 53.6 Å². The van der Waals surface area contributed by atoms with Gasteiger partial charge < -0.3 is 10.1 Å². The van der Waals surface area contributed by atoms with Crippen molar-refractivity contribution >= 4 is 48.5 Å². The van der Waals surface area contributed by atoms with E-state index in [1.807, 2.05) is 0 Å². The third kappa shape index (κ3) is 4.67. The summed E-state index contributed by atoms with van der Waals surface area (Å²) in [5.41, 5.74) is 1.47. The Morgan fingerprint density at radius 2 is 1.91 bits per heavy atom. The summed E-state index contributed by atoms with van der Waals surface area (Å²) in [5.74, 6) is -0.633. The van der Waals surface area contributed by atoms with Gasteiger partial charge in [0.2, 0.25) is 10.0 Å². The summed E-state index contributed by atoms with van der Waals surface area (Å²) >= 11 is 1.32. The average molecular weight is 474 g/mol. The van der Waals surface area contributed by atoms with Crippen molar-refractivity contribution in [2.24, 2.45) is 0 Å². The van der Waals surface area contributed by atoms with Crippen LogP contribution in [0.1, 0.15) is 40.5 Å². The molecule has 1 fully saturated rings. The third-order valence-electron chi connectivity index (χ3n) is 5.16. The molecule has 0 atom stereocenters. The predicted octanol–water partition coefficient (Wildman–Crippen LogP) is 3.55. The zero-order valence-corrected chi connectivity index (χ0v) is 19.2. The van der Waals surface area contributed by atoms with Crippen LogP contribution in [0, 0.1) is 0 Å². The maximum atomic E-state index is 12.8. The van der Waals surface area contributed by atoms with E-state index in [9.17, 15) is 18.0 Å². The van der Waals surface area contributed by atoms with Crippen LogP contribution in [0.15, 0.2) is 47.4 Å². The Bertz CT molecular complexity index is 1260. The molecule has 0 bridgehead atoms. The van der Waals surface area contributed by atoms with Crippen molar-refractivity contribution < 1.29 is 22.7 Å². The molecule has 0 aliphatic carbocycles. The van der Waals surface area contributed by atoms with Gasteiger partial charge in [0.25, 0.3) is 0 Å². The number of hydrogen-bond acceptors (Lipinski definition) is 8. The number of rotatable bonds is 8. The maximum Gasteiger partial charge on any atom is 0.338 e. The summed E-state index contributed by atoms with van der Waals surface area (Å²) in [4.78, 5) is 29.2. The SMILES string of the molecule is CCOC(=O)c1ccc2nc(NCC(=O)c3cccc(S(=O)(=O)N4CCCC4)c3)sc2c1. The molecule has 32 heavy (non-hydrogen) atoms. The Hall–Kier alpha value is -2.82. The van der Waals surface area contributed by atoms with Crippen LogP contribution in [0.25, 0.3) is 10.2 Å². The van der Waals surface area contributed by atoms with E-state index in [1.165, 1.54) is 27.8 Å². The molecule has 1 aliphatic heterocycles. The molecule has 0 unspecified atom stereocenters. The molecule has 10 heteroatoms. The summed E-state index contributed by atoms with van der Waals surface area (Å²) in [6, 6.07) is 11.2. The van der Waals surface area contributed by atoms with Crippen LogP contribution in [0.4, 0.5) is 5.13 Å². The second-order valence-corrected chi connectivity index (χ2v) is 10.3. The molecule has 0 radical (unpaired) electrons. The molecule has 1 N–H and O–H groups in total. The predicted molar refractivity (Wildman–Crippen MR) is 123 cm³/mol. The van der Waals surface area contributed by atoms with Crippen LogP contribution >= 0.6 is 11.3 Å². The quantitative estimate of drug-likeness (QED) is 0.394. The molecule has 1 aliphatic rings. The van der Waals surface area contributed by atoms with Gasteiger partial charge in [0.05, 0.1) is 33.8 Å². The highest BCUT2D eigenvalue weighted by Crippen LogP contribution is 2.27. The van der Waals surface area contributed by atoms with Crippen LogP contribution in [-0.4, -0.2) is 55.7 Å². The van der Waals surface area contributed by atoms with E-state index < -0.39 is 16.0 Å². The molecule has 0 amide bonds. The van der Waals surface area contributed by atoms with Gasteiger partial charge in [0, 0.05) is 18.7 Å². The van der Waals surface area contributed by atoms with Crippen molar-refractivity contribution in [2.75, 3.05) is 31.6 Å². The van der Waals surface area contributed by atoms with Gasteiger partial charge in [-0.15, -0.1) is 0 Å². The first-order valence-corrected chi connectivity index (χ1v) is 12.6. The number of aromatic nitrogens is 1. The Morgan fingerprint density at radius 3 is 2.66 bits per heavy atom. The van der Waals surface area contributed by atoms with Crippen molar-refractivity contribution in [1.82, 2.24) is 9.29 Å². The molecule has 8 nitrogen and oxygen atoms in total. The Balaban J connectivity index is 1.46. The second-order valence-electron chi connectivity index (χ2n) is 7.34. The number of benzene rings is 2. The number of ether oxygens (including phenoxy) is 1. The topological polar surface area (TPSA) is 106 Å². The van der Waals surface area contributed by atoms with Gasteiger partial charge in [0.1, 0.15) is 0 Å². The summed E-state index contributed by atoms with van der Waals surface area (Å²) in [7, 11) is -3.58. The molecule has 2 heterocycles. The number of anilines is 1. The lowest BCUT2D eigenvalue weighted by Crippen LogP contribution is -2.28. The minimum atomic E-state index is -3.58. The van der Waals surface area contributed by atoms with Gasteiger partial charge >= 0.3 is 5.97 Å². The van der Waals surface area contributed by atoms with E-state index in [0.29, 0.717) is 41.5 Å². The van der Waals surface area contributed by atoms with Crippen molar-refractivity contribution in [2.45, 2.75) is 24.7 Å². The first kappa shape index (κ1) is 22.4. The first-order chi connectivity index (χ1) is 15.4. The number of carbonyl (C=O) groups is 2. The van der Waals surface area contributed by atoms with E-state index in [2.05, 4.69) is 10.3 Å². The summed E-state index contributed by atoms with van der Waals surface area (Å²) in [5, 5.41) is 3.54. The van der Waals surface area contributed by atoms with Gasteiger partial charge in [0.15, 0.2) is 10.9 Å².